The van der Waals surface area contributed by atoms with Gasteiger partial charge in [-0.15, -0.1) is 0 Å². The summed E-state index contributed by atoms with van der Waals surface area (Å²) in [5.41, 5.74) is 2.13. The average Bonchev–Trinajstić information content (AvgIpc) is 3.30. The highest BCUT2D eigenvalue weighted by Crippen LogP contribution is 2.29. The van der Waals surface area contributed by atoms with E-state index in [2.05, 4.69) is 4.98 Å². The largest absolute Gasteiger partial charge is 0.454 e. The molecular weight excluding hydrogens is 430 g/mol. The first-order valence-corrected chi connectivity index (χ1v) is 10.9. The van der Waals surface area contributed by atoms with Crippen molar-refractivity contribution in [3.05, 3.63) is 59.2 Å². The van der Waals surface area contributed by atoms with E-state index in [9.17, 15) is 19.2 Å². The first-order chi connectivity index (χ1) is 15.3. The minimum Gasteiger partial charge on any atom is -0.454 e. The fourth-order valence-electron chi connectivity index (χ4n) is 3.56. The number of likely N-dealkylation sites (N-methyl/N-ethyl adjacent to an activating group) is 1. The standard InChI is InChI=1S/C23H21N3O5S/c1-4-25(23-24-17-7-5-6-8-18(17)32-23)19(27)12-31-22(30)14(3)26-20(28)15-10-9-13(2)11-16(15)21(26)29/h5-11,14H,4,12H2,1-3H3. The monoisotopic (exact) mass is 451 g/mol. The number of ether oxygens (including phenoxy) is 1. The van der Waals surface area contributed by atoms with Crippen LogP contribution in [-0.4, -0.2) is 52.8 Å². The highest BCUT2D eigenvalue weighted by atomic mass is 32.1. The highest BCUT2D eigenvalue weighted by molar-refractivity contribution is 7.22. The molecule has 8 nitrogen and oxygen atoms in total. The second kappa shape index (κ2) is 8.51. The van der Waals surface area contributed by atoms with Crippen molar-refractivity contribution >= 4 is 50.4 Å². The van der Waals surface area contributed by atoms with Gasteiger partial charge in [0, 0.05) is 6.54 Å². The van der Waals surface area contributed by atoms with Crippen LogP contribution >= 0.6 is 11.3 Å². The van der Waals surface area contributed by atoms with E-state index in [1.54, 1.807) is 25.1 Å². The average molecular weight is 452 g/mol. The van der Waals surface area contributed by atoms with Gasteiger partial charge >= 0.3 is 5.97 Å². The highest BCUT2D eigenvalue weighted by Gasteiger charge is 2.41. The number of hydrogen-bond acceptors (Lipinski definition) is 7. The van der Waals surface area contributed by atoms with Crippen molar-refractivity contribution in [2.24, 2.45) is 0 Å². The molecule has 1 aromatic heterocycles. The summed E-state index contributed by atoms with van der Waals surface area (Å²) in [7, 11) is 0. The van der Waals surface area contributed by atoms with Gasteiger partial charge < -0.3 is 4.74 Å². The molecule has 0 radical (unpaired) electrons. The van der Waals surface area contributed by atoms with Gasteiger partial charge in [-0.25, -0.2) is 9.78 Å². The summed E-state index contributed by atoms with van der Waals surface area (Å²) in [6.07, 6.45) is 0. The molecule has 1 aliphatic rings. The lowest BCUT2D eigenvalue weighted by molar-refractivity contribution is -0.151. The molecule has 2 aromatic carbocycles. The zero-order valence-electron chi connectivity index (χ0n) is 17.8. The maximum absolute atomic E-state index is 12.7. The molecule has 0 aliphatic carbocycles. The molecule has 0 bridgehead atoms. The Hall–Kier alpha value is -3.59. The van der Waals surface area contributed by atoms with E-state index >= 15 is 0 Å². The molecule has 0 saturated carbocycles. The predicted molar refractivity (Wildman–Crippen MR) is 120 cm³/mol. The first-order valence-electron chi connectivity index (χ1n) is 10.1. The van der Waals surface area contributed by atoms with E-state index in [-0.39, 0.29) is 11.1 Å². The maximum atomic E-state index is 12.7. The van der Waals surface area contributed by atoms with E-state index in [0.717, 1.165) is 20.7 Å². The lowest BCUT2D eigenvalue weighted by Crippen LogP contribution is -2.44. The molecule has 4 rings (SSSR count). The smallest absolute Gasteiger partial charge is 0.329 e. The van der Waals surface area contributed by atoms with Crippen molar-refractivity contribution < 1.29 is 23.9 Å². The van der Waals surface area contributed by atoms with Gasteiger partial charge in [0.1, 0.15) is 6.04 Å². The first kappa shape index (κ1) is 21.6. The number of carbonyl (C=O) groups is 4. The summed E-state index contributed by atoms with van der Waals surface area (Å²) >= 11 is 1.37. The molecule has 1 aliphatic heterocycles. The Labute approximate surface area is 188 Å². The van der Waals surface area contributed by atoms with E-state index in [4.69, 9.17) is 4.74 Å². The van der Waals surface area contributed by atoms with Crippen LogP contribution in [0.1, 0.15) is 40.1 Å². The Morgan fingerprint density at radius 2 is 1.84 bits per heavy atom. The zero-order chi connectivity index (χ0) is 23.0. The number of benzene rings is 2. The minimum absolute atomic E-state index is 0.254. The van der Waals surface area contributed by atoms with Crippen LogP contribution in [0.25, 0.3) is 10.2 Å². The fraction of sp³-hybridized carbons (Fsp3) is 0.261. The molecule has 0 N–H and O–H groups in total. The predicted octanol–water partition coefficient (Wildman–Crippen LogP) is 3.19. The molecule has 3 amide bonds. The van der Waals surface area contributed by atoms with Gasteiger partial charge in [-0.1, -0.05) is 35.1 Å². The summed E-state index contributed by atoms with van der Waals surface area (Å²) in [6.45, 7) is 4.86. The van der Waals surface area contributed by atoms with Crippen LogP contribution < -0.4 is 4.90 Å². The van der Waals surface area contributed by atoms with Crippen LogP contribution in [0.4, 0.5) is 5.13 Å². The van der Waals surface area contributed by atoms with E-state index in [1.807, 2.05) is 31.2 Å². The van der Waals surface area contributed by atoms with Crippen molar-refractivity contribution in [2.75, 3.05) is 18.1 Å². The van der Waals surface area contributed by atoms with Gasteiger partial charge in [-0.2, -0.15) is 0 Å². The third-order valence-electron chi connectivity index (χ3n) is 5.27. The van der Waals surface area contributed by atoms with Gasteiger partial charge in [-0.05, 0) is 45.0 Å². The summed E-state index contributed by atoms with van der Waals surface area (Å²) in [5, 5.41) is 0.513. The van der Waals surface area contributed by atoms with Crippen LogP contribution in [0.5, 0.6) is 0 Å². The lowest BCUT2D eigenvalue weighted by Gasteiger charge is -2.22. The van der Waals surface area contributed by atoms with Gasteiger partial charge in [0.2, 0.25) is 0 Å². The van der Waals surface area contributed by atoms with Crippen molar-refractivity contribution in [1.82, 2.24) is 9.88 Å². The molecule has 1 atom stereocenters. The number of hydrogen-bond donors (Lipinski definition) is 0. The number of nitrogens with zero attached hydrogens (tertiary/aromatic N) is 3. The number of fused-ring (bicyclic) bond motifs is 2. The summed E-state index contributed by atoms with van der Waals surface area (Å²) < 4.78 is 6.12. The number of esters is 1. The quantitative estimate of drug-likeness (QED) is 0.422. The molecule has 164 valence electrons. The fourth-order valence-corrected chi connectivity index (χ4v) is 4.60. The number of imide groups is 1. The number of anilines is 1. The van der Waals surface area contributed by atoms with Crippen LogP contribution in [-0.2, 0) is 14.3 Å². The molecule has 1 unspecified atom stereocenters. The van der Waals surface area contributed by atoms with Crippen LogP contribution in [0.3, 0.4) is 0 Å². The number of carbonyl (C=O) groups excluding carboxylic acids is 4. The van der Waals surface area contributed by atoms with E-state index in [1.165, 1.54) is 23.2 Å². The van der Waals surface area contributed by atoms with Gasteiger partial charge in [0.25, 0.3) is 17.7 Å². The van der Waals surface area contributed by atoms with E-state index < -0.39 is 36.3 Å². The topological polar surface area (TPSA) is 96.9 Å². The molecule has 32 heavy (non-hydrogen) atoms. The van der Waals surface area contributed by atoms with Gasteiger partial charge in [-0.3, -0.25) is 24.2 Å². The van der Waals surface area contributed by atoms with Crippen molar-refractivity contribution in [2.45, 2.75) is 26.8 Å². The summed E-state index contributed by atoms with van der Waals surface area (Å²) in [5.74, 6) is -2.37. The number of rotatable bonds is 6. The van der Waals surface area contributed by atoms with Gasteiger partial charge in [0.05, 0.1) is 21.3 Å². The summed E-state index contributed by atoms with van der Waals surface area (Å²) in [4.78, 5) is 57.4. The minimum atomic E-state index is -1.16. The third-order valence-corrected chi connectivity index (χ3v) is 6.33. The number of thiazole rings is 1. The van der Waals surface area contributed by atoms with Crippen molar-refractivity contribution in [1.29, 1.82) is 0 Å². The molecule has 0 fully saturated rings. The SMILES string of the molecule is CCN(C(=O)COC(=O)C(C)N1C(=O)c2ccc(C)cc2C1=O)c1nc2ccccc2s1. The van der Waals surface area contributed by atoms with E-state index in [0.29, 0.717) is 11.7 Å². The number of para-hydroxylation sites is 1. The maximum Gasteiger partial charge on any atom is 0.329 e. The Kier molecular flexibility index (Phi) is 5.75. The molecule has 0 saturated heterocycles. The molecule has 0 spiro atoms. The van der Waals surface area contributed by atoms with Gasteiger partial charge in [0.15, 0.2) is 11.7 Å². The van der Waals surface area contributed by atoms with Crippen LogP contribution in [0.2, 0.25) is 0 Å². The second-order valence-corrected chi connectivity index (χ2v) is 8.42. The third kappa shape index (κ3) is 3.75. The summed E-state index contributed by atoms with van der Waals surface area (Å²) in [6, 6.07) is 11.3. The Bertz CT molecular complexity index is 1220. The molecular formula is C23H21N3O5S. The Morgan fingerprint density at radius 3 is 2.56 bits per heavy atom. The van der Waals surface area contributed by atoms with Crippen molar-refractivity contribution in [3.8, 4) is 0 Å². The normalized spacial score (nSPS) is 13.9. The van der Waals surface area contributed by atoms with Crippen LogP contribution in [0.15, 0.2) is 42.5 Å². The molecule has 2 heterocycles. The number of amides is 3. The molecule has 3 aromatic rings. The number of aromatic nitrogens is 1. The van der Waals surface area contributed by atoms with Crippen molar-refractivity contribution in [3.63, 3.8) is 0 Å². The second-order valence-electron chi connectivity index (χ2n) is 7.42. The zero-order valence-corrected chi connectivity index (χ0v) is 18.6. The molecule has 9 heteroatoms. The number of aryl methyl sites for hydroxylation is 1. The Morgan fingerprint density at radius 1 is 1.12 bits per heavy atom. The van der Waals surface area contributed by atoms with Crippen LogP contribution in [0, 0.1) is 6.92 Å². The Balaban J connectivity index is 1.43. The lowest BCUT2D eigenvalue weighted by atomic mass is 10.1.